The van der Waals surface area contributed by atoms with Crippen LogP contribution in [0.3, 0.4) is 0 Å². The van der Waals surface area contributed by atoms with Crippen molar-refractivity contribution in [3.05, 3.63) is 94.9 Å². The maximum absolute atomic E-state index is 13.0. The molecular weight excluding hydrogens is 394 g/mol. The van der Waals surface area contributed by atoms with Gasteiger partial charge in [-0.3, -0.25) is 20.2 Å². The third kappa shape index (κ3) is 4.31. The van der Waals surface area contributed by atoms with Gasteiger partial charge in [-0.05, 0) is 38.1 Å². The first kappa shape index (κ1) is 19.6. The Bertz CT molecular complexity index is 1190. The van der Waals surface area contributed by atoms with Crippen LogP contribution in [-0.2, 0) is 0 Å². The van der Waals surface area contributed by atoms with E-state index in [9.17, 15) is 4.79 Å². The fraction of sp³-hybridized carbons (Fsp3) is 0.0870. The van der Waals surface area contributed by atoms with Crippen molar-refractivity contribution in [2.45, 2.75) is 13.8 Å². The molecule has 0 aliphatic heterocycles. The van der Waals surface area contributed by atoms with E-state index < -0.39 is 0 Å². The van der Waals surface area contributed by atoms with Gasteiger partial charge >= 0.3 is 0 Å². The molecule has 3 heterocycles. The van der Waals surface area contributed by atoms with Gasteiger partial charge < -0.3 is 0 Å². The molecule has 4 rings (SSSR count). The number of pyridine rings is 2. The highest BCUT2D eigenvalue weighted by Crippen LogP contribution is 2.30. The lowest BCUT2D eigenvalue weighted by molar-refractivity contribution is 0.106. The van der Waals surface area contributed by atoms with Crippen molar-refractivity contribution in [2.75, 3.05) is 5.43 Å². The molecule has 0 unspecified atom stereocenters. The Hall–Kier alpha value is -3.71. The number of Topliss-reactive ketones (excluding diaryl/α,β-unsaturated/α-hetero) is 1. The van der Waals surface area contributed by atoms with Crippen molar-refractivity contribution >= 4 is 28.0 Å². The Morgan fingerprint density at radius 3 is 2.20 bits per heavy atom. The zero-order chi connectivity index (χ0) is 20.9. The second kappa shape index (κ2) is 8.75. The maximum Gasteiger partial charge on any atom is 0.233 e. The number of carbonyl (C=O) groups is 1. The van der Waals surface area contributed by atoms with Crippen LogP contribution in [0.15, 0.2) is 78.2 Å². The van der Waals surface area contributed by atoms with E-state index in [4.69, 9.17) is 0 Å². The number of thiazole rings is 1. The minimum absolute atomic E-state index is 0.180. The minimum Gasteiger partial charge on any atom is -0.285 e. The molecular formula is C23H19N5OS. The number of ketones is 1. The van der Waals surface area contributed by atoms with Crippen molar-refractivity contribution in [1.29, 1.82) is 0 Å². The summed E-state index contributed by atoms with van der Waals surface area (Å²) in [4.78, 5) is 27.2. The van der Waals surface area contributed by atoms with Gasteiger partial charge in [0.05, 0.1) is 11.4 Å². The van der Waals surface area contributed by atoms with Crippen molar-refractivity contribution in [3.63, 3.8) is 0 Å². The standard InChI is InChI=1S/C23H19N5OS/c1-15-9-11-17(12-10-15)20-16(2)30-23(26-20)28-27-21(18-7-3-5-13-24-18)22(29)19-8-4-6-14-25-19/h3-14H,1-2H3,(H,26,28)/b27-21-. The van der Waals surface area contributed by atoms with Crippen molar-refractivity contribution in [1.82, 2.24) is 15.0 Å². The Balaban J connectivity index is 1.66. The third-order valence-electron chi connectivity index (χ3n) is 4.41. The number of hydrogen-bond acceptors (Lipinski definition) is 7. The number of aryl methyl sites for hydroxylation is 2. The summed E-state index contributed by atoms with van der Waals surface area (Å²) in [5, 5.41) is 4.97. The normalized spacial score (nSPS) is 11.3. The average Bonchev–Trinajstić information content (AvgIpc) is 3.16. The number of anilines is 1. The zero-order valence-electron chi connectivity index (χ0n) is 16.5. The molecule has 0 saturated carbocycles. The van der Waals surface area contributed by atoms with Crippen LogP contribution in [0.5, 0.6) is 0 Å². The topological polar surface area (TPSA) is 80.1 Å². The highest BCUT2D eigenvalue weighted by atomic mass is 32.1. The van der Waals surface area contributed by atoms with Crippen molar-refractivity contribution in [3.8, 4) is 11.3 Å². The number of nitrogens with one attached hydrogen (secondary N) is 1. The van der Waals surface area contributed by atoms with E-state index in [-0.39, 0.29) is 11.5 Å². The molecule has 30 heavy (non-hydrogen) atoms. The third-order valence-corrected chi connectivity index (χ3v) is 5.28. The Morgan fingerprint density at radius 1 is 0.900 bits per heavy atom. The SMILES string of the molecule is Cc1ccc(-c2nc(N/N=C(\C(=O)c3ccccn3)c3ccccn3)sc2C)cc1. The number of aromatic nitrogens is 3. The van der Waals surface area contributed by atoms with Crippen LogP contribution in [0.25, 0.3) is 11.3 Å². The first-order valence-corrected chi connectivity index (χ1v) is 10.2. The van der Waals surface area contributed by atoms with Crippen LogP contribution in [0.4, 0.5) is 5.13 Å². The van der Waals surface area contributed by atoms with Crippen LogP contribution in [0, 0.1) is 13.8 Å². The summed E-state index contributed by atoms with van der Waals surface area (Å²) in [6.07, 6.45) is 3.20. The van der Waals surface area contributed by atoms with Crippen LogP contribution in [0.2, 0.25) is 0 Å². The summed E-state index contributed by atoms with van der Waals surface area (Å²) in [6.45, 7) is 4.07. The van der Waals surface area contributed by atoms with Gasteiger partial charge in [0.15, 0.2) is 5.71 Å². The van der Waals surface area contributed by atoms with Gasteiger partial charge in [-0.15, -0.1) is 11.3 Å². The fourth-order valence-corrected chi connectivity index (χ4v) is 3.65. The fourth-order valence-electron chi connectivity index (χ4n) is 2.87. The number of hydrazone groups is 1. The second-order valence-corrected chi connectivity index (χ2v) is 7.82. The van der Waals surface area contributed by atoms with Crippen LogP contribution in [0.1, 0.15) is 26.6 Å². The maximum atomic E-state index is 13.0. The molecule has 0 atom stereocenters. The Kier molecular flexibility index (Phi) is 5.72. The van der Waals surface area contributed by atoms with Gasteiger partial charge in [0, 0.05) is 22.8 Å². The molecule has 1 aromatic carbocycles. The highest BCUT2D eigenvalue weighted by molar-refractivity contribution is 7.16. The van der Waals surface area contributed by atoms with Gasteiger partial charge in [0.2, 0.25) is 10.9 Å². The lowest BCUT2D eigenvalue weighted by atomic mass is 10.1. The predicted octanol–water partition coefficient (Wildman–Crippen LogP) is 4.92. The Morgan fingerprint density at radius 2 is 1.57 bits per heavy atom. The van der Waals surface area contributed by atoms with Crippen LogP contribution < -0.4 is 5.43 Å². The van der Waals surface area contributed by atoms with Gasteiger partial charge in [0.25, 0.3) is 0 Å². The van der Waals surface area contributed by atoms with Crippen LogP contribution >= 0.6 is 11.3 Å². The number of hydrogen-bond donors (Lipinski definition) is 1. The van der Waals surface area contributed by atoms with E-state index >= 15 is 0 Å². The van der Waals surface area contributed by atoms with E-state index in [0.29, 0.717) is 16.5 Å². The molecule has 148 valence electrons. The van der Waals surface area contributed by atoms with Crippen molar-refractivity contribution in [2.24, 2.45) is 5.10 Å². The van der Waals surface area contributed by atoms with Gasteiger partial charge in [0.1, 0.15) is 5.69 Å². The monoisotopic (exact) mass is 413 g/mol. The molecule has 4 aromatic rings. The molecule has 0 aliphatic rings. The smallest absolute Gasteiger partial charge is 0.233 e. The molecule has 0 radical (unpaired) electrons. The summed E-state index contributed by atoms with van der Waals surface area (Å²) >= 11 is 1.48. The molecule has 0 saturated heterocycles. The summed E-state index contributed by atoms with van der Waals surface area (Å²) < 4.78 is 0. The highest BCUT2D eigenvalue weighted by Gasteiger charge is 2.19. The molecule has 1 N–H and O–H groups in total. The molecule has 0 bridgehead atoms. The minimum atomic E-state index is -0.311. The van der Waals surface area contributed by atoms with E-state index in [1.54, 1.807) is 42.7 Å². The molecule has 6 nitrogen and oxygen atoms in total. The van der Waals surface area contributed by atoms with E-state index in [0.717, 1.165) is 16.1 Å². The lowest BCUT2D eigenvalue weighted by Crippen LogP contribution is -2.19. The molecule has 0 aliphatic carbocycles. The van der Waals surface area contributed by atoms with Gasteiger partial charge in [-0.25, -0.2) is 4.98 Å². The average molecular weight is 414 g/mol. The lowest BCUT2D eigenvalue weighted by Gasteiger charge is -2.05. The van der Waals surface area contributed by atoms with E-state index in [1.807, 2.05) is 25.1 Å². The molecule has 0 spiro atoms. The number of carbonyl (C=O) groups excluding carboxylic acids is 1. The number of benzene rings is 1. The summed E-state index contributed by atoms with van der Waals surface area (Å²) in [7, 11) is 0. The largest absolute Gasteiger partial charge is 0.285 e. The molecule has 7 heteroatoms. The molecule has 3 aromatic heterocycles. The van der Waals surface area contributed by atoms with Crippen LogP contribution in [-0.4, -0.2) is 26.4 Å². The zero-order valence-corrected chi connectivity index (χ0v) is 17.4. The first-order chi connectivity index (χ1) is 14.6. The Labute approximate surface area is 178 Å². The van der Waals surface area contributed by atoms with Gasteiger partial charge in [-0.1, -0.05) is 42.0 Å². The molecule has 0 amide bonds. The quantitative estimate of drug-likeness (QED) is 0.276. The van der Waals surface area contributed by atoms with Crippen molar-refractivity contribution < 1.29 is 4.79 Å². The predicted molar refractivity (Wildman–Crippen MR) is 120 cm³/mol. The molecule has 0 fully saturated rings. The first-order valence-electron chi connectivity index (χ1n) is 9.37. The van der Waals surface area contributed by atoms with E-state index in [2.05, 4.69) is 44.5 Å². The summed E-state index contributed by atoms with van der Waals surface area (Å²) in [5.74, 6) is -0.311. The number of nitrogens with zero attached hydrogens (tertiary/aromatic N) is 4. The summed E-state index contributed by atoms with van der Waals surface area (Å²) in [5.41, 5.74) is 7.03. The van der Waals surface area contributed by atoms with Gasteiger partial charge in [-0.2, -0.15) is 5.10 Å². The number of rotatable bonds is 6. The second-order valence-electron chi connectivity index (χ2n) is 6.62. The summed E-state index contributed by atoms with van der Waals surface area (Å²) in [6, 6.07) is 18.7. The van der Waals surface area contributed by atoms with E-state index in [1.165, 1.54) is 16.9 Å².